The molecule has 1 fully saturated rings. The number of hydrogen-bond acceptors (Lipinski definition) is 3. The van der Waals surface area contributed by atoms with Crippen molar-refractivity contribution in [3.05, 3.63) is 35.6 Å². The van der Waals surface area contributed by atoms with Crippen LogP contribution in [0.5, 0.6) is 0 Å². The van der Waals surface area contributed by atoms with Gasteiger partial charge in [-0.3, -0.25) is 4.79 Å². The number of halogens is 1. The van der Waals surface area contributed by atoms with Gasteiger partial charge in [0.15, 0.2) is 5.78 Å². The molecular formula is C18H26FN3O2. The number of carbonyl (C=O) groups is 2. The van der Waals surface area contributed by atoms with Gasteiger partial charge in [-0.15, -0.1) is 0 Å². The topological polar surface area (TPSA) is 75.4 Å². The normalized spacial score (nSPS) is 19.1. The van der Waals surface area contributed by atoms with Crippen molar-refractivity contribution in [2.24, 2.45) is 11.7 Å². The van der Waals surface area contributed by atoms with Crippen LogP contribution in [0, 0.1) is 11.7 Å². The van der Waals surface area contributed by atoms with Crippen LogP contribution in [0.1, 0.15) is 43.0 Å². The summed E-state index contributed by atoms with van der Waals surface area (Å²) in [5, 5.41) is 3.31. The summed E-state index contributed by atoms with van der Waals surface area (Å²) in [5.41, 5.74) is 6.03. The first-order valence-electron chi connectivity index (χ1n) is 8.58. The number of hydrogen-bond donors (Lipinski definition) is 2. The molecule has 24 heavy (non-hydrogen) atoms. The predicted octanol–water partition coefficient (Wildman–Crippen LogP) is 2.56. The molecule has 3 N–H and O–H groups in total. The molecule has 1 aromatic rings. The SMILES string of the molecule is CCC(CCCC(=O)c1ccc(F)cc1)C1CNCCN1C(N)=O. The first kappa shape index (κ1) is 18.4. The van der Waals surface area contributed by atoms with Crippen molar-refractivity contribution in [3.8, 4) is 0 Å². The van der Waals surface area contributed by atoms with Crippen molar-refractivity contribution < 1.29 is 14.0 Å². The van der Waals surface area contributed by atoms with Crippen LogP contribution in [0.3, 0.4) is 0 Å². The van der Waals surface area contributed by atoms with E-state index in [-0.39, 0.29) is 23.7 Å². The van der Waals surface area contributed by atoms with Crippen molar-refractivity contribution in [2.45, 2.75) is 38.6 Å². The monoisotopic (exact) mass is 335 g/mol. The van der Waals surface area contributed by atoms with Gasteiger partial charge >= 0.3 is 6.03 Å². The van der Waals surface area contributed by atoms with E-state index >= 15 is 0 Å². The Morgan fingerprint density at radius 3 is 2.71 bits per heavy atom. The molecule has 2 unspecified atom stereocenters. The number of amides is 2. The third kappa shape index (κ3) is 4.77. The number of nitrogens with one attached hydrogen (secondary N) is 1. The summed E-state index contributed by atoms with van der Waals surface area (Å²) in [6, 6.07) is 5.37. The molecule has 132 valence electrons. The fourth-order valence-corrected chi connectivity index (χ4v) is 3.39. The molecule has 1 aliphatic rings. The summed E-state index contributed by atoms with van der Waals surface area (Å²) in [6.45, 7) is 4.23. The Hall–Kier alpha value is -1.95. The smallest absolute Gasteiger partial charge is 0.315 e. The Labute approximate surface area is 142 Å². The Balaban J connectivity index is 1.87. The fraction of sp³-hybridized carbons (Fsp3) is 0.556. The van der Waals surface area contributed by atoms with E-state index in [1.54, 1.807) is 4.90 Å². The van der Waals surface area contributed by atoms with Crippen LogP contribution in [-0.2, 0) is 0 Å². The zero-order valence-corrected chi connectivity index (χ0v) is 14.1. The molecule has 0 spiro atoms. The maximum Gasteiger partial charge on any atom is 0.315 e. The largest absolute Gasteiger partial charge is 0.351 e. The van der Waals surface area contributed by atoms with Crippen molar-refractivity contribution in [1.82, 2.24) is 10.2 Å². The quantitative estimate of drug-likeness (QED) is 0.752. The number of ketones is 1. The zero-order valence-electron chi connectivity index (χ0n) is 14.1. The molecule has 1 aliphatic heterocycles. The molecule has 0 bridgehead atoms. The Morgan fingerprint density at radius 1 is 1.38 bits per heavy atom. The van der Waals surface area contributed by atoms with Crippen molar-refractivity contribution >= 4 is 11.8 Å². The van der Waals surface area contributed by atoms with E-state index in [4.69, 9.17) is 5.73 Å². The molecule has 1 aromatic carbocycles. The van der Waals surface area contributed by atoms with E-state index in [2.05, 4.69) is 12.2 Å². The average molecular weight is 335 g/mol. The first-order valence-corrected chi connectivity index (χ1v) is 8.58. The minimum absolute atomic E-state index is 0.0263. The summed E-state index contributed by atoms with van der Waals surface area (Å²) >= 11 is 0. The van der Waals surface area contributed by atoms with Crippen LogP contribution in [0.4, 0.5) is 9.18 Å². The van der Waals surface area contributed by atoms with Crippen LogP contribution < -0.4 is 11.1 Å². The molecule has 1 heterocycles. The highest BCUT2D eigenvalue weighted by molar-refractivity contribution is 5.95. The number of urea groups is 1. The van der Waals surface area contributed by atoms with Gasteiger partial charge in [-0.05, 0) is 43.0 Å². The number of benzene rings is 1. The highest BCUT2D eigenvalue weighted by Crippen LogP contribution is 2.23. The number of nitrogens with zero attached hydrogens (tertiary/aromatic N) is 1. The first-order chi connectivity index (χ1) is 11.5. The second kappa shape index (κ2) is 8.78. The van der Waals surface area contributed by atoms with E-state index in [1.165, 1.54) is 24.3 Å². The molecule has 0 radical (unpaired) electrons. The third-order valence-corrected chi connectivity index (χ3v) is 4.78. The van der Waals surface area contributed by atoms with E-state index in [9.17, 15) is 14.0 Å². The van der Waals surface area contributed by atoms with E-state index in [0.29, 0.717) is 24.4 Å². The third-order valence-electron chi connectivity index (χ3n) is 4.78. The van der Waals surface area contributed by atoms with E-state index in [1.807, 2.05) is 0 Å². The van der Waals surface area contributed by atoms with Gasteiger partial charge in [0.2, 0.25) is 0 Å². The average Bonchev–Trinajstić information content (AvgIpc) is 2.59. The number of Topliss-reactive ketones (excluding diaryl/α,β-unsaturated/α-hetero) is 1. The number of carbonyl (C=O) groups excluding carboxylic acids is 2. The summed E-state index contributed by atoms with van der Waals surface area (Å²) in [5.74, 6) is -0.00126. The van der Waals surface area contributed by atoms with E-state index in [0.717, 1.165) is 32.4 Å². The molecule has 5 nitrogen and oxygen atoms in total. The number of primary amides is 1. The molecule has 1 saturated heterocycles. The van der Waals surface area contributed by atoms with Crippen LogP contribution in [0.15, 0.2) is 24.3 Å². The Kier molecular flexibility index (Phi) is 6.73. The Bertz CT molecular complexity index is 562. The van der Waals surface area contributed by atoms with Gasteiger partial charge < -0.3 is 16.0 Å². The lowest BCUT2D eigenvalue weighted by Gasteiger charge is -2.39. The molecule has 0 aromatic heterocycles. The Morgan fingerprint density at radius 2 is 2.08 bits per heavy atom. The molecular weight excluding hydrogens is 309 g/mol. The molecule has 0 saturated carbocycles. The maximum absolute atomic E-state index is 12.9. The number of nitrogens with two attached hydrogens (primary N) is 1. The fourth-order valence-electron chi connectivity index (χ4n) is 3.39. The van der Waals surface area contributed by atoms with Crippen molar-refractivity contribution in [3.63, 3.8) is 0 Å². The van der Waals surface area contributed by atoms with Gasteiger partial charge in [-0.2, -0.15) is 0 Å². The second-order valence-corrected chi connectivity index (χ2v) is 6.29. The number of piperazine rings is 1. The molecule has 2 rings (SSSR count). The second-order valence-electron chi connectivity index (χ2n) is 6.29. The van der Waals surface area contributed by atoms with Gasteiger partial charge in [-0.25, -0.2) is 9.18 Å². The van der Waals surface area contributed by atoms with E-state index < -0.39 is 0 Å². The lowest BCUT2D eigenvalue weighted by molar-refractivity contribution is 0.0966. The van der Waals surface area contributed by atoms with Crippen LogP contribution >= 0.6 is 0 Å². The molecule has 2 amide bonds. The standard InChI is InChI=1S/C18H26FN3O2/c1-2-13(16-12-21-10-11-22(16)18(20)24)4-3-5-17(23)14-6-8-15(19)9-7-14/h6-9,13,16,21H,2-5,10-12H2,1H3,(H2,20,24). The van der Waals surface area contributed by atoms with Gasteiger partial charge in [0.05, 0.1) is 0 Å². The molecule has 2 atom stereocenters. The highest BCUT2D eigenvalue weighted by atomic mass is 19.1. The number of rotatable bonds is 7. The minimum Gasteiger partial charge on any atom is -0.351 e. The van der Waals surface area contributed by atoms with Crippen molar-refractivity contribution in [2.75, 3.05) is 19.6 Å². The lowest BCUT2D eigenvalue weighted by Crippen LogP contribution is -2.58. The summed E-state index contributed by atoms with van der Waals surface area (Å²) in [6.07, 6.45) is 2.97. The summed E-state index contributed by atoms with van der Waals surface area (Å²) in [7, 11) is 0. The maximum atomic E-state index is 12.9. The van der Waals surface area contributed by atoms with Gasteiger partial charge in [0.25, 0.3) is 0 Å². The zero-order chi connectivity index (χ0) is 17.5. The minimum atomic E-state index is -0.373. The summed E-state index contributed by atoms with van der Waals surface area (Å²) < 4.78 is 12.9. The molecule has 6 heteroatoms. The van der Waals surface area contributed by atoms with Gasteiger partial charge in [0.1, 0.15) is 5.82 Å². The van der Waals surface area contributed by atoms with Gasteiger partial charge in [-0.1, -0.05) is 13.3 Å². The summed E-state index contributed by atoms with van der Waals surface area (Å²) in [4.78, 5) is 25.5. The lowest BCUT2D eigenvalue weighted by atomic mass is 9.88. The highest BCUT2D eigenvalue weighted by Gasteiger charge is 2.30. The van der Waals surface area contributed by atoms with Crippen molar-refractivity contribution in [1.29, 1.82) is 0 Å². The predicted molar refractivity (Wildman–Crippen MR) is 91.3 cm³/mol. The van der Waals surface area contributed by atoms with Crippen LogP contribution in [0.25, 0.3) is 0 Å². The van der Waals surface area contributed by atoms with Crippen LogP contribution in [-0.4, -0.2) is 42.4 Å². The molecule has 0 aliphatic carbocycles. The van der Waals surface area contributed by atoms with Crippen LogP contribution in [0.2, 0.25) is 0 Å². The van der Waals surface area contributed by atoms with Gasteiger partial charge in [0, 0.05) is 37.7 Å².